The lowest BCUT2D eigenvalue weighted by Crippen LogP contribution is -2.19. The van der Waals surface area contributed by atoms with Crippen molar-refractivity contribution in [3.8, 4) is 0 Å². The minimum Gasteiger partial charge on any atom is -0.332 e. The molecule has 0 saturated carbocycles. The summed E-state index contributed by atoms with van der Waals surface area (Å²) in [6.45, 7) is 4.72. The number of aryl methyl sites for hydroxylation is 1. The van der Waals surface area contributed by atoms with Crippen molar-refractivity contribution >= 4 is 34.4 Å². The summed E-state index contributed by atoms with van der Waals surface area (Å²) in [6.07, 6.45) is 1.69. The molecule has 0 radical (unpaired) electrons. The molecule has 0 amide bonds. The third-order valence-corrected chi connectivity index (χ3v) is 3.17. The standard InChI is InChI=1S/C13H15N5O2S/c1-3-17-9(2)12(8-14-17)16-13(21)15-10-5-4-6-11(7-10)18(19)20/h4-8H,3H2,1-2H3,(H2,15,16,21). The molecular formula is C13H15N5O2S. The van der Waals surface area contributed by atoms with Crippen molar-refractivity contribution in [2.45, 2.75) is 20.4 Å². The SMILES string of the molecule is CCn1ncc(NC(=S)Nc2cccc([N+](=O)[O-])c2)c1C. The first-order valence-electron chi connectivity index (χ1n) is 6.36. The molecule has 0 aliphatic heterocycles. The summed E-state index contributed by atoms with van der Waals surface area (Å²) in [7, 11) is 0. The Hall–Kier alpha value is -2.48. The quantitative estimate of drug-likeness (QED) is 0.513. The average Bonchev–Trinajstić information content (AvgIpc) is 2.79. The Morgan fingerprint density at radius 1 is 1.48 bits per heavy atom. The van der Waals surface area contributed by atoms with Crippen molar-refractivity contribution in [1.82, 2.24) is 9.78 Å². The van der Waals surface area contributed by atoms with Gasteiger partial charge in [0.15, 0.2) is 5.11 Å². The van der Waals surface area contributed by atoms with E-state index in [2.05, 4.69) is 15.7 Å². The minimum atomic E-state index is -0.447. The number of nitrogens with one attached hydrogen (secondary N) is 2. The van der Waals surface area contributed by atoms with E-state index in [1.54, 1.807) is 18.3 Å². The second kappa shape index (κ2) is 6.31. The van der Waals surface area contributed by atoms with Crippen LogP contribution in [0.5, 0.6) is 0 Å². The minimum absolute atomic E-state index is 0.0118. The van der Waals surface area contributed by atoms with Crippen LogP contribution in [0.1, 0.15) is 12.6 Å². The second-order valence-electron chi connectivity index (χ2n) is 4.35. The Bertz CT molecular complexity index is 683. The van der Waals surface area contributed by atoms with Crippen LogP contribution < -0.4 is 10.6 Å². The van der Waals surface area contributed by atoms with Crippen LogP contribution in [0.4, 0.5) is 17.1 Å². The van der Waals surface area contributed by atoms with Crippen LogP contribution in [0.3, 0.4) is 0 Å². The molecule has 0 saturated heterocycles. The topological polar surface area (TPSA) is 85.0 Å². The molecule has 0 bridgehead atoms. The number of nitro groups is 1. The highest BCUT2D eigenvalue weighted by Crippen LogP contribution is 2.18. The van der Waals surface area contributed by atoms with Gasteiger partial charge < -0.3 is 10.6 Å². The predicted molar refractivity (Wildman–Crippen MR) is 85.6 cm³/mol. The molecule has 0 atom stereocenters. The third-order valence-electron chi connectivity index (χ3n) is 2.97. The number of hydrogen-bond acceptors (Lipinski definition) is 4. The molecule has 2 N–H and O–H groups in total. The van der Waals surface area contributed by atoms with Crippen molar-refractivity contribution < 1.29 is 4.92 Å². The van der Waals surface area contributed by atoms with Gasteiger partial charge in [-0.25, -0.2) is 0 Å². The van der Waals surface area contributed by atoms with Crippen LogP contribution in [0.25, 0.3) is 0 Å². The van der Waals surface area contributed by atoms with Gasteiger partial charge in [0.2, 0.25) is 0 Å². The van der Waals surface area contributed by atoms with Gasteiger partial charge in [-0.1, -0.05) is 6.07 Å². The van der Waals surface area contributed by atoms with E-state index in [9.17, 15) is 10.1 Å². The Kier molecular flexibility index (Phi) is 4.49. The molecule has 1 heterocycles. The largest absolute Gasteiger partial charge is 0.332 e. The fourth-order valence-corrected chi connectivity index (χ4v) is 2.10. The van der Waals surface area contributed by atoms with E-state index in [0.29, 0.717) is 10.8 Å². The van der Waals surface area contributed by atoms with E-state index in [1.165, 1.54) is 12.1 Å². The first kappa shape index (κ1) is 14.9. The Morgan fingerprint density at radius 2 is 2.24 bits per heavy atom. The highest BCUT2D eigenvalue weighted by Gasteiger charge is 2.09. The summed E-state index contributed by atoms with van der Waals surface area (Å²) in [5, 5.41) is 21.2. The number of nitrogens with zero attached hydrogens (tertiary/aromatic N) is 3. The lowest BCUT2D eigenvalue weighted by atomic mass is 10.3. The zero-order chi connectivity index (χ0) is 15.4. The lowest BCUT2D eigenvalue weighted by Gasteiger charge is -2.10. The van der Waals surface area contributed by atoms with E-state index < -0.39 is 4.92 Å². The van der Waals surface area contributed by atoms with Gasteiger partial charge in [0, 0.05) is 24.4 Å². The van der Waals surface area contributed by atoms with Gasteiger partial charge in [-0.05, 0) is 32.1 Å². The summed E-state index contributed by atoms with van der Waals surface area (Å²) in [4.78, 5) is 10.3. The van der Waals surface area contributed by atoms with Crippen molar-refractivity contribution in [2.24, 2.45) is 0 Å². The van der Waals surface area contributed by atoms with Crippen LogP contribution in [-0.4, -0.2) is 19.8 Å². The molecule has 0 fully saturated rings. The van der Waals surface area contributed by atoms with E-state index in [-0.39, 0.29) is 5.69 Å². The van der Waals surface area contributed by atoms with Gasteiger partial charge in [0.1, 0.15) is 0 Å². The maximum Gasteiger partial charge on any atom is 0.271 e. The second-order valence-corrected chi connectivity index (χ2v) is 4.75. The molecule has 8 heteroatoms. The molecule has 2 aromatic rings. The number of benzene rings is 1. The van der Waals surface area contributed by atoms with Crippen LogP contribution in [0, 0.1) is 17.0 Å². The van der Waals surface area contributed by atoms with E-state index in [4.69, 9.17) is 12.2 Å². The monoisotopic (exact) mass is 305 g/mol. The van der Waals surface area contributed by atoms with Crippen molar-refractivity contribution in [3.05, 3.63) is 46.3 Å². The molecule has 7 nitrogen and oxygen atoms in total. The number of hydrogen-bond donors (Lipinski definition) is 2. The van der Waals surface area contributed by atoms with Crippen molar-refractivity contribution in [3.63, 3.8) is 0 Å². The Morgan fingerprint density at radius 3 is 2.86 bits per heavy atom. The first-order chi connectivity index (χ1) is 10.0. The molecule has 0 unspecified atom stereocenters. The van der Waals surface area contributed by atoms with Gasteiger partial charge in [0.05, 0.1) is 22.5 Å². The van der Waals surface area contributed by atoms with Crippen LogP contribution in [0.15, 0.2) is 30.5 Å². The molecule has 1 aromatic carbocycles. The third kappa shape index (κ3) is 3.54. The lowest BCUT2D eigenvalue weighted by molar-refractivity contribution is -0.384. The Balaban J connectivity index is 2.06. The van der Waals surface area contributed by atoms with Crippen molar-refractivity contribution in [2.75, 3.05) is 10.6 Å². The number of thiocarbonyl (C=S) groups is 1. The first-order valence-corrected chi connectivity index (χ1v) is 6.77. The highest BCUT2D eigenvalue weighted by atomic mass is 32.1. The van der Waals surface area contributed by atoms with Crippen LogP contribution in [-0.2, 0) is 6.54 Å². The number of aromatic nitrogens is 2. The Labute approximate surface area is 127 Å². The molecule has 0 aliphatic carbocycles. The molecule has 110 valence electrons. The normalized spacial score (nSPS) is 10.2. The summed E-state index contributed by atoms with van der Waals surface area (Å²) in [5.41, 5.74) is 2.35. The highest BCUT2D eigenvalue weighted by molar-refractivity contribution is 7.80. The van der Waals surface area contributed by atoms with Crippen LogP contribution in [0.2, 0.25) is 0 Å². The maximum absolute atomic E-state index is 10.7. The zero-order valence-corrected chi connectivity index (χ0v) is 12.5. The van der Waals surface area contributed by atoms with Crippen molar-refractivity contribution in [1.29, 1.82) is 0 Å². The van der Waals surface area contributed by atoms with Gasteiger partial charge in [-0.2, -0.15) is 5.10 Å². The van der Waals surface area contributed by atoms with Gasteiger partial charge in [0.25, 0.3) is 5.69 Å². The smallest absolute Gasteiger partial charge is 0.271 e. The number of nitro benzene ring substituents is 1. The van der Waals surface area contributed by atoms with E-state index in [0.717, 1.165) is 17.9 Å². The number of rotatable bonds is 4. The number of anilines is 2. The average molecular weight is 305 g/mol. The molecular weight excluding hydrogens is 290 g/mol. The fraction of sp³-hybridized carbons (Fsp3) is 0.231. The molecule has 2 rings (SSSR count). The van der Waals surface area contributed by atoms with Gasteiger partial charge >= 0.3 is 0 Å². The summed E-state index contributed by atoms with van der Waals surface area (Å²) in [6, 6.07) is 6.17. The van der Waals surface area contributed by atoms with Gasteiger partial charge in [-0.15, -0.1) is 0 Å². The summed E-state index contributed by atoms with van der Waals surface area (Å²) in [5.74, 6) is 0. The molecule has 0 spiro atoms. The maximum atomic E-state index is 10.7. The zero-order valence-electron chi connectivity index (χ0n) is 11.7. The van der Waals surface area contributed by atoms with E-state index >= 15 is 0 Å². The molecule has 1 aromatic heterocycles. The molecule has 21 heavy (non-hydrogen) atoms. The number of non-ortho nitro benzene ring substituents is 1. The fourth-order valence-electron chi connectivity index (χ4n) is 1.87. The van der Waals surface area contributed by atoms with E-state index in [1.807, 2.05) is 18.5 Å². The summed E-state index contributed by atoms with van der Waals surface area (Å²) < 4.78 is 1.85. The van der Waals surface area contributed by atoms with Crippen LogP contribution >= 0.6 is 12.2 Å². The summed E-state index contributed by atoms with van der Waals surface area (Å²) >= 11 is 5.20. The predicted octanol–water partition coefficient (Wildman–Crippen LogP) is 2.93. The van der Waals surface area contributed by atoms with Gasteiger partial charge in [-0.3, -0.25) is 14.8 Å². The molecule has 0 aliphatic rings.